The Morgan fingerprint density at radius 3 is 3.15 bits per heavy atom. The van der Waals surface area contributed by atoms with Gasteiger partial charge in [0.15, 0.2) is 10.7 Å². The first-order valence-electron chi connectivity index (χ1n) is 3.74. The average Bonchev–Trinajstić information content (AvgIpc) is 2.61. The SMILES string of the molecule is COC(=O)c1cnc2sc(C)cn12. The number of aromatic nitrogens is 2. The molecule has 0 aliphatic carbocycles. The lowest BCUT2D eigenvalue weighted by Gasteiger charge is -1.94. The fourth-order valence-corrected chi connectivity index (χ4v) is 1.95. The number of aryl methyl sites for hydroxylation is 1. The van der Waals surface area contributed by atoms with Crippen LogP contribution in [-0.4, -0.2) is 22.5 Å². The minimum Gasteiger partial charge on any atom is -0.464 e. The lowest BCUT2D eigenvalue weighted by atomic mass is 10.5. The van der Waals surface area contributed by atoms with E-state index in [9.17, 15) is 4.79 Å². The number of hydrogen-bond acceptors (Lipinski definition) is 4. The van der Waals surface area contributed by atoms with Crippen molar-refractivity contribution in [1.29, 1.82) is 0 Å². The number of carbonyl (C=O) groups excluding carboxylic acids is 1. The monoisotopic (exact) mass is 196 g/mol. The smallest absolute Gasteiger partial charge is 0.356 e. The number of esters is 1. The summed E-state index contributed by atoms with van der Waals surface area (Å²) in [5.41, 5.74) is 0.474. The molecule has 0 amide bonds. The third kappa shape index (κ3) is 1.21. The highest BCUT2D eigenvalue weighted by Gasteiger charge is 2.13. The second kappa shape index (κ2) is 2.85. The molecule has 0 saturated heterocycles. The molecular formula is C8H8N2O2S. The van der Waals surface area contributed by atoms with Gasteiger partial charge in [-0.3, -0.25) is 4.40 Å². The molecule has 0 saturated carbocycles. The molecule has 0 radical (unpaired) electrons. The van der Waals surface area contributed by atoms with E-state index >= 15 is 0 Å². The first kappa shape index (κ1) is 8.25. The first-order chi connectivity index (χ1) is 6.22. The second-order valence-corrected chi connectivity index (χ2v) is 3.84. The predicted molar refractivity (Wildman–Crippen MR) is 49.1 cm³/mol. The molecule has 0 atom stereocenters. The van der Waals surface area contributed by atoms with E-state index in [0.29, 0.717) is 5.69 Å². The van der Waals surface area contributed by atoms with Crippen LogP contribution in [0, 0.1) is 6.92 Å². The van der Waals surface area contributed by atoms with E-state index in [1.54, 1.807) is 15.7 Å². The Hall–Kier alpha value is -1.36. The molecule has 0 fully saturated rings. The molecule has 13 heavy (non-hydrogen) atoms. The predicted octanol–water partition coefficient (Wildman–Crippen LogP) is 1.49. The second-order valence-electron chi connectivity index (χ2n) is 2.63. The summed E-state index contributed by atoms with van der Waals surface area (Å²) in [7, 11) is 1.36. The van der Waals surface area contributed by atoms with Gasteiger partial charge in [0, 0.05) is 11.1 Å². The maximum Gasteiger partial charge on any atom is 0.356 e. The van der Waals surface area contributed by atoms with Crippen LogP contribution in [0.15, 0.2) is 12.4 Å². The third-order valence-electron chi connectivity index (χ3n) is 1.72. The zero-order chi connectivity index (χ0) is 9.42. The van der Waals surface area contributed by atoms with E-state index in [-0.39, 0.29) is 5.97 Å². The number of rotatable bonds is 1. The number of fused-ring (bicyclic) bond motifs is 1. The zero-order valence-electron chi connectivity index (χ0n) is 7.27. The molecule has 0 N–H and O–H groups in total. The van der Waals surface area contributed by atoms with Crippen LogP contribution in [0.2, 0.25) is 0 Å². The Morgan fingerprint density at radius 2 is 2.46 bits per heavy atom. The van der Waals surface area contributed by atoms with Crippen molar-refractivity contribution in [3.63, 3.8) is 0 Å². The molecule has 0 aromatic carbocycles. The summed E-state index contributed by atoms with van der Waals surface area (Å²) >= 11 is 1.54. The quantitative estimate of drug-likeness (QED) is 0.649. The molecule has 0 bridgehead atoms. The van der Waals surface area contributed by atoms with Crippen molar-refractivity contribution < 1.29 is 9.53 Å². The van der Waals surface area contributed by atoms with Gasteiger partial charge in [-0.1, -0.05) is 0 Å². The highest BCUT2D eigenvalue weighted by molar-refractivity contribution is 7.17. The van der Waals surface area contributed by atoms with Gasteiger partial charge >= 0.3 is 5.97 Å². The van der Waals surface area contributed by atoms with Crippen LogP contribution in [0.3, 0.4) is 0 Å². The van der Waals surface area contributed by atoms with Gasteiger partial charge in [0.1, 0.15) is 0 Å². The number of methoxy groups -OCH3 is 1. The van der Waals surface area contributed by atoms with Crippen LogP contribution in [0.5, 0.6) is 0 Å². The highest BCUT2D eigenvalue weighted by atomic mass is 32.1. The number of imidazole rings is 1. The van der Waals surface area contributed by atoms with Crippen LogP contribution in [0.25, 0.3) is 4.96 Å². The number of nitrogens with zero attached hydrogens (tertiary/aromatic N) is 2. The maximum absolute atomic E-state index is 11.2. The molecule has 2 aromatic heterocycles. The number of ether oxygens (including phenoxy) is 1. The standard InChI is InChI=1S/C8H8N2O2S/c1-5-4-10-6(7(11)12-2)3-9-8(10)13-5/h3-4H,1-2H3. The lowest BCUT2D eigenvalue weighted by Crippen LogP contribution is -2.03. The Morgan fingerprint density at radius 1 is 1.69 bits per heavy atom. The van der Waals surface area contributed by atoms with Crippen molar-refractivity contribution in [2.24, 2.45) is 0 Å². The summed E-state index contributed by atoms with van der Waals surface area (Å²) in [6.07, 6.45) is 3.40. The van der Waals surface area contributed by atoms with Gasteiger partial charge in [0.25, 0.3) is 0 Å². The van der Waals surface area contributed by atoms with Gasteiger partial charge < -0.3 is 4.74 Å². The number of carbonyl (C=O) groups is 1. The van der Waals surface area contributed by atoms with Crippen molar-refractivity contribution in [3.05, 3.63) is 23.0 Å². The van der Waals surface area contributed by atoms with Gasteiger partial charge in [-0.25, -0.2) is 9.78 Å². The van der Waals surface area contributed by atoms with Crippen LogP contribution < -0.4 is 0 Å². The molecule has 0 aliphatic rings. The topological polar surface area (TPSA) is 43.6 Å². The van der Waals surface area contributed by atoms with Crippen molar-refractivity contribution in [2.75, 3.05) is 7.11 Å². The fraction of sp³-hybridized carbons (Fsp3) is 0.250. The van der Waals surface area contributed by atoms with E-state index < -0.39 is 0 Å². The van der Waals surface area contributed by atoms with E-state index in [4.69, 9.17) is 0 Å². The Bertz CT molecular complexity index is 458. The van der Waals surface area contributed by atoms with Gasteiger partial charge in [0.05, 0.1) is 13.3 Å². The number of thiazole rings is 1. The van der Waals surface area contributed by atoms with Crippen molar-refractivity contribution in [3.8, 4) is 0 Å². The highest BCUT2D eigenvalue weighted by Crippen LogP contribution is 2.17. The van der Waals surface area contributed by atoms with Crippen LogP contribution in [-0.2, 0) is 4.74 Å². The summed E-state index contributed by atoms with van der Waals surface area (Å²) in [5.74, 6) is -0.356. The summed E-state index contributed by atoms with van der Waals surface area (Å²) in [5, 5.41) is 0. The summed E-state index contributed by atoms with van der Waals surface area (Å²) in [6.45, 7) is 1.97. The van der Waals surface area contributed by atoms with Gasteiger partial charge in [-0.05, 0) is 6.92 Å². The Kier molecular flexibility index (Phi) is 1.81. The zero-order valence-corrected chi connectivity index (χ0v) is 8.09. The molecule has 68 valence electrons. The molecule has 2 rings (SSSR count). The molecule has 0 unspecified atom stereocenters. The fourth-order valence-electron chi connectivity index (χ4n) is 1.15. The first-order valence-corrected chi connectivity index (χ1v) is 4.56. The molecule has 0 aliphatic heterocycles. The van der Waals surface area contributed by atoms with Gasteiger partial charge in [-0.2, -0.15) is 0 Å². The maximum atomic E-state index is 11.2. The minimum absolute atomic E-state index is 0.356. The normalized spacial score (nSPS) is 10.6. The van der Waals surface area contributed by atoms with E-state index in [1.807, 2.05) is 13.1 Å². The van der Waals surface area contributed by atoms with Crippen LogP contribution in [0.4, 0.5) is 0 Å². The lowest BCUT2D eigenvalue weighted by molar-refractivity contribution is 0.0593. The van der Waals surface area contributed by atoms with Gasteiger partial charge in [-0.15, -0.1) is 11.3 Å². The van der Waals surface area contributed by atoms with Crippen molar-refractivity contribution in [1.82, 2.24) is 9.38 Å². The van der Waals surface area contributed by atoms with E-state index in [2.05, 4.69) is 9.72 Å². The summed E-state index contributed by atoms with van der Waals surface area (Å²) < 4.78 is 6.36. The molecule has 5 heteroatoms. The Balaban J connectivity index is 2.62. The van der Waals surface area contributed by atoms with Gasteiger partial charge in [0.2, 0.25) is 0 Å². The molecule has 2 aromatic rings. The third-order valence-corrected chi connectivity index (χ3v) is 2.63. The van der Waals surface area contributed by atoms with Crippen LogP contribution >= 0.6 is 11.3 Å². The Labute approximate surface area is 78.8 Å². The van der Waals surface area contributed by atoms with Crippen molar-refractivity contribution in [2.45, 2.75) is 6.92 Å². The van der Waals surface area contributed by atoms with Crippen molar-refractivity contribution >= 4 is 22.3 Å². The van der Waals surface area contributed by atoms with Crippen LogP contribution in [0.1, 0.15) is 15.4 Å². The number of hydrogen-bond donors (Lipinski definition) is 0. The van der Waals surface area contributed by atoms with E-state index in [0.717, 1.165) is 9.84 Å². The summed E-state index contributed by atoms with van der Waals surface area (Å²) in [6, 6.07) is 0. The molecule has 4 nitrogen and oxygen atoms in total. The average molecular weight is 196 g/mol. The molecule has 2 heterocycles. The summed E-state index contributed by atoms with van der Waals surface area (Å²) in [4.78, 5) is 17.2. The largest absolute Gasteiger partial charge is 0.464 e. The molecule has 0 spiro atoms. The van der Waals surface area contributed by atoms with E-state index in [1.165, 1.54) is 13.3 Å². The minimum atomic E-state index is -0.356. The molecular weight excluding hydrogens is 188 g/mol.